The lowest BCUT2D eigenvalue weighted by Gasteiger charge is -2.03. The molecule has 9 nitrogen and oxygen atoms in total. The summed E-state index contributed by atoms with van der Waals surface area (Å²) in [6, 6.07) is 5.90. The first-order valence-corrected chi connectivity index (χ1v) is 6.84. The van der Waals surface area contributed by atoms with E-state index < -0.39 is 23.1 Å². The van der Waals surface area contributed by atoms with E-state index in [2.05, 4.69) is 15.5 Å². The zero-order valence-corrected chi connectivity index (χ0v) is 12.6. The maximum atomic E-state index is 11.8. The fourth-order valence-electron chi connectivity index (χ4n) is 1.93. The minimum absolute atomic E-state index is 0.143. The summed E-state index contributed by atoms with van der Waals surface area (Å²) in [5, 5.41) is 12.5. The van der Waals surface area contributed by atoms with Gasteiger partial charge in [0.25, 0.3) is 5.56 Å². The van der Waals surface area contributed by atoms with E-state index in [0.29, 0.717) is 11.3 Å². The summed E-state index contributed by atoms with van der Waals surface area (Å²) in [7, 11) is 0. The molecule has 0 radical (unpaired) electrons. The van der Waals surface area contributed by atoms with Gasteiger partial charge in [0.1, 0.15) is 0 Å². The Morgan fingerprint density at radius 1 is 1.21 bits per heavy atom. The topological polar surface area (TPSA) is 144 Å². The van der Waals surface area contributed by atoms with Crippen LogP contribution in [0.4, 0.5) is 0 Å². The number of carbonyl (C=O) groups excluding carboxylic acids is 1. The number of carboxylic acid groups (broad SMARTS) is 1. The van der Waals surface area contributed by atoms with Gasteiger partial charge in [-0.2, -0.15) is 5.10 Å². The minimum Gasteiger partial charge on any atom is -0.478 e. The number of hydrogen-bond donors (Lipinski definition) is 4. The summed E-state index contributed by atoms with van der Waals surface area (Å²) in [5.74, 6) is -1.57. The lowest BCUT2D eigenvalue weighted by Crippen LogP contribution is -2.30. The number of H-pyrrole nitrogens is 2. The van der Waals surface area contributed by atoms with Crippen LogP contribution in [0, 0.1) is 6.92 Å². The van der Waals surface area contributed by atoms with Crippen molar-refractivity contribution in [3.8, 4) is 0 Å². The summed E-state index contributed by atoms with van der Waals surface area (Å²) >= 11 is 0. The quantitative estimate of drug-likeness (QED) is 0.442. The molecule has 0 saturated carbocycles. The summed E-state index contributed by atoms with van der Waals surface area (Å²) in [6.07, 6.45) is 1.10. The van der Waals surface area contributed by atoms with E-state index in [-0.39, 0.29) is 17.5 Å². The second-order valence-electron chi connectivity index (χ2n) is 4.91. The molecule has 0 saturated heterocycles. The molecule has 0 spiro atoms. The van der Waals surface area contributed by atoms with Gasteiger partial charge in [0.05, 0.1) is 18.2 Å². The SMILES string of the molecule is Cc1[nH]c(=O)[nH]c(=O)c1CC(=O)N/N=C\c1ccc(C(=O)O)cc1. The molecule has 0 bridgehead atoms. The maximum absolute atomic E-state index is 11.8. The predicted molar refractivity (Wildman–Crippen MR) is 85.3 cm³/mol. The second-order valence-corrected chi connectivity index (χ2v) is 4.91. The van der Waals surface area contributed by atoms with Crippen molar-refractivity contribution in [2.75, 3.05) is 0 Å². The smallest absolute Gasteiger partial charge is 0.335 e. The molecule has 1 aromatic heterocycles. The Hall–Kier alpha value is -3.49. The maximum Gasteiger partial charge on any atom is 0.335 e. The molecule has 0 unspecified atom stereocenters. The number of aryl methyl sites for hydroxylation is 1. The molecule has 1 amide bonds. The fourth-order valence-corrected chi connectivity index (χ4v) is 1.93. The molecule has 0 aliphatic carbocycles. The number of amides is 1. The largest absolute Gasteiger partial charge is 0.478 e. The van der Waals surface area contributed by atoms with Crippen molar-refractivity contribution in [2.45, 2.75) is 13.3 Å². The van der Waals surface area contributed by atoms with Gasteiger partial charge in [0.2, 0.25) is 5.91 Å². The zero-order chi connectivity index (χ0) is 17.7. The number of nitrogens with one attached hydrogen (secondary N) is 3. The Morgan fingerprint density at radius 2 is 1.88 bits per heavy atom. The van der Waals surface area contributed by atoms with Crippen LogP contribution in [0.25, 0.3) is 0 Å². The summed E-state index contributed by atoms with van der Waals surface area (Å²) in [5.41, 5.74) is 2.19. The van der Waals surface area contributed by atoms with Crippen molar-refractivity contribution in [3.05, 3.63) is 67.5 Å². The van der Waals surface area contributed by atoms with Crippen molar-refractivity contribution in [2.24, 2.45) is 5.10 Å². The predicted octanol–water partition coefficient (Wildman–Crippen LogP) is -0.237. The third kappa shape index (κ3) is 4.26. The van der Waals surface area contributed by atoms with Crippen LogP contribution in [-0.2, 0) is 11.2 Å². The number of nitrogens with zero attached hydrogens (tertiary/aromatic N) is 1. The monoisotopic (exact) mass is 330 g/mol. The normalized spacial score (nSPS) is 10.7. The van der Waals surface area contributed by atoms with E-state index >= 15 is 0 Å². The molecule has 24 heavy (non-hydrogen) atoms. The molecule has 0 aliphatic heterocycles. The van der Waals surface area contributed by atoms with E-state index in [1.165, 1.54) is 37.4 Å². The highest BCUT2D eigenvalue weighted by Crippen LogP contribution is 2.02. The fraction of sp³-hybridized carbons (Fsp3) is 0.133. The molecule has 0 atom stereocenters. The van der Waals surface area contributed by atoms with Crippen LogP contribution in [0.15, 0.2) is 39.0 Å². The number of hydrogen-bond acceptors (Lipinski definition) is 5. The number of carboxylic acids is 1. The molecule has 9 heteroatoms. The van der Waals surface area contributed by atoms with Crippen LogP contribution < -0.4 is 16.7 Å². The highest BCUT2D eigenvalue weighted by molar-refractivity contribution is 5.89. The van der Waals surface area contributed by atoms with Crippen molar-refractivity contribution < 1.29 is 14.7 Å². The highest BCUT2D eigenvalue weighted by atomic mass is 16.4. The van der Waals surface area contributed by atoms with E-state index in [1.807, 2.05) is 4.98 Å². The van der Waals surface area contributed by atoms with Gasteiger partial charge in [-0.3, -0.25) is 14.6 Å². The van der Waals surface area contributed by atoms with Crippen LogP contribution in [0.1, 0.15) is 27.2 Å². The number of rotatable bonds is 5. The van der Waals surface area contributed by atoms with Crippen molar-refractivity contribution in [1.82, 2.24) is 15.4 Å². The number of aromatic amines is 2. The van der Waals surface area contributed by atoms with Crippen LogP contribution in [0.5, 0.6) is 0 Å². The lowest BCUT2D eigenvalue weighted by molar-refractivity contribution is -0.120. The van der Waals surface area contributed by atoms with Gasteiger partial charge in [0.15, 0.2) is 0 Å². The molecule has 2 aromatic rings. The first kappa shape index (κ1) is 16.9. The lowest BCUT2D eigenvalue weighted by atomic mass is 10.1. The van der Waals surface area contributed by atoms with Gasteiger partial charge in [-0.1, -0.05) is 12.1 Å². The Bertz CT molecular complexity index is 909. The van der Waals surface area contributed by atoms with Gasteiger partial charge in [-0.15, -0.1) is 0 Å². The summed E-state index contributed by atoms with van der Waals surface area (Å²) in [6.45, 7) is 1.52. The average molecular weight is 330 g/mol. The molecular formula is C15H14N4O5. The van der Waals surface area contributed by atoms with Crippen molar-refractivity contribution in [1.29, 1.82) is 0 Å². The number of carbonyl (C=O) groups is 2. The van der Waals surface area contributed by atoms with Gasteiger partial charge in [-0.25, -0.2) is 15.0 Å². The third-order valence-corrected chi connectivity index (χ3v) is 3.15. The van der Waals surface area contributed by atoms with E-state index in [0.717, 1.165) is 0 Å². The first-order chi connectivity index (χ1) is 11.4. The van der Waals surface area contributed by atoms with Crippen LogP contribution in [-0.4, -0.2) is 33.2 Å². The number of benzene rings is 1. The van der Waals surface area contributed by atoms with E-state index in [4.69, 9.17) is 5.11 Å². The Morgan fingerprint density at radius 3 is 2.46 bits per heavy atom. The Kier molecular flexibility index (Phi) is 5.05. The molecule has 0 fully saturated rings. The average Bonchev–Trinajstić information content (AvgIpc) is 2.51. The van der Waals surface area contributed by atoms with Gasteiger partial charge >= 0.3 is 11.7 Å². The Labute approximate surface area is 135 Å². The van der Waals surface area contributed by atoms with Crippen LogP contribution in [0.2, 0.25) is 0 Å². The number of aromatic nitrogens is 2. The summed E-state index contributed by atoms with van der Waals surface area (Å²) in [4.78, 5) is 49.7. The van der Waals surface area contributed by atoms with Gasteiger partial charge in [0, 0.05) is 11.3 Å². The van der Waals surface area contributed by atoms with Gasteiger partial charge < -0.3 is 10.1 Å². The molecule has 1 heterocycles. The Balaban J connectivity index is 1.99. The van der Waals surface area contributed by atoms with Crippen molar-refractivity contribution in [3.63, 3.8) is 0 Å². The van der Waals surface area contributed by atoms with Crippen LogP contribution in [0.3, 0.4) is 0 Å². The first-order valence-electron chi connectivity index (χ1n) is 6.84. The molecule has 0 aliphatic rings. The summed E-state index contributed by atoms with van der Waals surface area (Å²) < 4.78 is 0. The third-order valence-electron chi connectivity index (χ3n) is 3.15. The molecule has 124 valence electrons. The minimum atomic E-state index is -1.03. The molecule has 2 rings (SSSR count). The molecular weight excluding hydrogens is 316 g/mol. The van der Waals surface area contributed by atoms with Gasteiger partial charge in [-0.05, 0) is 24.6 Å². The number of aromatic carboxylic acids is 1. The zero-order valence-electron chi connectivity index (χ0n) is 12.6. The van der Waals surface area contributed by atoms with Crippen molar-refractivity contribution >= 4 is 18.1 Å². The molecule has 4 N–H and O–H groups in total. The van der Waals surface area contributed by atoms with E-state index in [9.17, 15) is 19.2 Å². The van der Waals surface area contributed by atoms with Crippen LogP contribution >= 0.6 is 0 Å². The van der Waals surface area contributed by atoms with E-state index in [1.54, 1.807) is 0 Å². The highest BCUT2D eigenvalue weighted by Gasteiger charge is 2.10. The molecule has 1 aromatic carbocycles. The number of hydrazone groups is 1. The standard InChI is InChI=1S/C15H14N4O5/c1-8-11(13(21)18-15(24)17-8)6-12(20)19-16-7-9-2-4-10(5-3-9)14(22)23/h2-5,7H,6H2,1H3,(H,19,20)(H,22,23)(H2,17,18,21,24)/b16-7-. The second kappa shape index (κ2) is 7.18.